The third-order valence-electron chi connectivity index (χ3n) is 2.38. The number of methoxy groups -OCH3 is 1. The van der Waals surface area contributed by atoms with Gasteiger partial charge in [0.25, 0.3) is 0 Å². The van der Waals surface area contributed by atoms with E-state index in [9.17, 15) is 18.0 Å². The lowest BCUT2D eigenvalue weighted by Crippen LogP contribution is -2.38. The van der Waals surface area contributed by atoms with E-state index in [1.54, 1.807) is 18.2 Å². The second-order valence-corrected chi connectivity index (χ2v) is 5.75. The highest BCUT2D eigenvalue weighted by atomic mass is 32.2. The molecule has 0 aliphatic rings. The highest BCUT2D eigenvalue weighted by Crippen LogP contribution is 2.10. The molecule has 1 amide bonds. The molecule has 0 heterocycles. The second kappa shape index (κ2) is 6.85. The molecule has 1 aromatic carbocycles. The number of nitrogens with one attached hydrogen (secondary N) is 1. The van der Waals surface area contributed by atoms with Crippen molar-refractivity contribution in [3.8, 4) is 0 Å². The largest absolute Gasteiger partial charge is 0.467 e. The number of esters is 1. The van der Waals surface area contributed by atoms with Crippen LogP contribution in [-0.4, -0.2) is 33.4 Å². The number of ether oxygens (including phenoxy) is 1. The molecule has 0 saturated carbocycles. The highest BCUT2D eigenvalue weighted by molar-refractivity contribution is 7.94. The summed E-state index contributed by atoms with van der Waals surface area (Å²) in [6.45, 7) is 1.43. The lowest BCUT2D eigenvalue weighted by molar-refractivity contribution is -0.144. The molecule has 0 bridgehead atoms. The van der Waals surface area contributed by atoms with Crippen LogP contribution in [0, 0.1) is 0 Å². The van der Waals surface area contributed by atoms with Crippen molar-refractivity contribution in [3.05, 3.63) is 41.8 Å². The average molecular weight is 297 g/mol. The molecule has 0 radical (unpaired) electrons. The molecular weight excluding hydrogens is 282 g/mol. The molecule has 0 aliphatic carbocycles. The summed E-state index contributed by atoms with van der Waals surface area (Å²) >= 11 is 0. The third kappa shape index (κ3) is 4.51. The summed E-state index contributed by atoms with van der Waals surface area (Å²) in [5.41, 5.74) is 0. The maximum Gasteiger partial charge on any atom is 0.328 e. The first-order valence-corrected chi connectivity index (χ1v) is 7.28. The van der Waals surface area contributed by atoms with Crippen LogP contribution in [0.5, 0.6) is 0 Å². The van der Waals surface area contributed by atoms with Crippen LogP contribution in [0.4, 0.5) is 0 Å². The van der Waals surface area contributed by atoms with E-state index < -0.39 is 27.8 Å². The number of hydrogen-bond donors (Lipinski definition) is 1. The Hall–Kier alpha value is -2.15. The van der Waals surface area contributed by atoms with Gasteiger partial charge in [-0.1, -0.05) is 18.2 Å². The van der Waals surface area contributed by atoms with Crippen LogP contribution in [-0.2, 0) is 24.2 Å². The van der Waals surface area contributed by atoms with Crippen LogP contribution in [0.25, 0.3) is 0 Å². The zero-order valence-corrected chi connectivity index (χ0v) is 11.9. The van der Waals surface area contributed by atoms with Crippen molar-refractivity contribution in [2.24, 2.45) is 0 Å². The van der Waals surface area contributed by atoms with Crippen LogP contribution in [0.2, 0.25) is 0 Å². The van der Waals surface area contributed by atoms with Crippen molar-refractivity contribution < 1.29 is 22.7 Å². The van der Waals surface area contributed by atoms with E-state index >= 15 is 0 Å². The lowest BCUT2D eigenvalue weighted by Gasteiger charge is -2.09. The van der Waals surface area contributed by atoms with Crippen molar-refractivity contribution in [3.63, 3.8) is 0 Å². The molecule has 1 rings (SSSR count). The number of hydrogen-bond acceptors (Lipinski definition) is 5. The molecule has 1 unspecified atom stereocenters. The van der Waals surface area contributed by atoms with Crippen molar-refractivity contribution in [1.82, 2.24) is 5.32 Å². The molecule has 108 valence electrons. The van der Waals surface area contributed by atoms with Crippen LogP contribution in [0.1, 0.15) is 6.92 Å². The van der Waals surface area contributed by atoms with Crippen LogP contribution in [0.15, 0.2) is 46.7 Å². The van der Waals surface area contributed by atoms with Gasteiger partial charge in [0.2, 0.25) is 5.91 Å². The van der Waals surface area contributed by atoms with Crippen molar-refractivity contribution in [2.45, 2.75) is 17.9 Å². The SMILES string of the molecule is COC(=O)C(C)NC(=O)C=CS(=O)(=O)c1ccccc1. The van der Waals surface area contributed by atoms with E-state index in [4.69, 9.17) is 0 Å². The van der Waals surface area contributed by atoms with E-state index in [1.165, 1.54) is 26.2 Å². The summed E-state index contributed by atoms with van der Waals surface area (Å²) < 4.78 is 28.1. The smallest absolute Gasteiger partial charge is 0.328 e. The first kappa shape index (κ1) is 15.9. The molecule has 0 fully saturated rings. The van der Waals surface area contributed by atoms with E-state index in [2.05, 4.69) is 10.1 Å². The van der Waals surface area contributed by atoms with Gasteiger partial charge in [-0.05, 0) is 19.1 Å². The Bertz CT molecular complexity index is 607. The number of rotatable bonds is 5. The number of carbonyl (C=O) groups excluding carboxylic acids is 2. The van der Waals surface area contributed by atoms with E-state index in [0.717, 1.165) is 11.5 Å². The van der Waals surface area contributed by atoms with Gasteiger partial charge in [-0.25, -0.2) is 13.2 Å². The molecule has 0 spiro atoms. The van der Waals surface area contributed by atoms with Gasteiger partial charge >= 0.3 is 5.97 Å². The number of sulfone groups is 1. The molecule has 0 aromatic heterocycles. The predicted octanol–water partition coefficient (Wildman–Crippen LogP) is 0.652. The molecule has 7 heteroatoms. The summed E-state index contributed by atoms with van der Waals surface area (Å²) in [7, 11) is -2.48. The Morgan fingerprint density at radius 1 is 1.25 bits per heavy atom. The van der Waals surface area contributed by atoms with Gasteiger partial charge in [-0.15, -0.1) is 0 Å². The van der Waals surface area contributed by atoms with Crippen LogP contribution < -0.4 is 5.32 Å². The Kier molecular flexibility index (Phi) is 5.45. The summed E-state index contributed by atoms with van der Waals surface area (Å²) in [6.07, 6.45) is 0.863. The van der Waals surface area contributed by atoms with Gasteiger partial charge in [0.05, 0.1) is 12.0 Å². The Labute approximate surface area is 117 Å². The first-order valence-electron chi connectivity index (χ1n) is 5.73. The minimum Gasteiger partial charge on any atom is -0.467 e. The Balaban J connectivity index is 2.73. The average Bonchev–Trinajstić information content (AvgIpc) is 2.45. The minimum atomic E-state index is -3.67. The monoisotopic (exact) mass is 297 g/mol. The van der Waals surface area contributed by atoms with Crippen molar-refractivity contribution in [2.75, 3.05) is 7.11 Å². The normalized spacial score (nSPS) is 12.9. The van der Waals surface area contributed by atoms with Crippen LogP contribution in [0.3, 0.4) is 0 Å². The fourth-order valence-electron chi connectivity index (χ4n) is 1.34. The predicted molar refractivity (Wildman–Crippen MR) is 72.4 cm³/mol. The number of carbonyl (C=O) groups is 2. The fourth-order valence-corrected chi connectivity index (χ4v) is 2.33. The van der Waals surface area contributed by atoms with Gasteiger partial charge in [-0.3, -0.25) is 4.79 Å². The molecule has 0 aliphatic heterocycles. The summed E-state index contributed by atoms with van der Waals surface area (Å²) in [6, 6.07) is 6.85. The van der Waals surface area contributed by atoms with Gasteiger partial charge < -0.3 is 10.1 Å². The van der Waals surface area contributed by atoms with Crippen LogP contribution >= 0.6 is 0 Å². The van der Waals surface area contributed by atoms with Gasteiger partial charge in [0.1, 0.15) is 6.04 Å². The zero-order valence-electron chi connectivity index (χ0n) is 11.1. The highest BCUT2D eigenvalue weighted by Gasteiger charge is 2.15. The first-order chi connectivity index (χ1) is 9.36. The van der Waals surface area contributed by atoms with Gasteiger partial charge in [0.15, 0.2) is 9.84 Å². The van der Waals surface area contributed by atoms with Gasteiger partial charge in [-0.2, -0.15) is 0 Å². The maximum absolute atomic E-state index is 11.9. The summed E-state index contributed by atoms with van der Waals surface area (Å²) in [5.74, 6) is -1.31. The third-order valence-corrected chi connectivity index (χ3v) is 3.81. The van der Waals surface area contributed by atoms with E-state index in [-0.39, 0.29) is 4.90 Å². The second-order valence-electron chi connectivity index (χ2n) is 3.91. The Morgan fingerprint density at radius 3 is 2.40 bits per heavy atom. The van der Waals surface area contributed by atoms with Crippen molar-refractivity contribution in [1.29, 1.82) is 0 Å². The van der Waals surface area contributed by atoms with E-state index in [1.807, 2.05) is 0 Å². The fraction of sp³-hybridized carbons (Fsp3) is 0.231. The summed E-state index contributed by atoms with van der Waals surface area (Å²) in [5, 5.41) is 3.08. The number of benzene rings is 1. The molecule has 0 saturated heterocycles. The molecular formula is C13H15NO5S. The van der Waals surface area contributed by atoms with Crippen molar-refractivity contribution >= 4 is 21.7 Å². The Morgan fingerprint density at radius 2 is 1.85 bits per heavy atom. The zero-order chi connectivity index (χ0) is 15.2. The van der Waals surface area contributed by atoms with E-state index in [0.29, 0.717) is 0 Å². The standard InChI is InChI=1S/C13H15NO5S/c1-10(13(16)19-2)14-12(15)8-9-20(17,18)11-6-4-3-5-7-11/h3-10H,1-2H3,(H,14,15). The molecule has 1 aromatic rings. The topological polar surface area (TPSA) is 89.5 Å². The molecule has 1 N–H and O–H groups in total. The molecule has 20 heavy (non-hydrogen) atoms. The molecule has 1 atom stereocenters. The minimum absolute atomic E-state index is 0.0880. The summed E-state index contributed by atoms with van der Waals surface area (Å²) in [4.78, 5) is 22.7. The number of amides is 1. The maximum atomic E-state index is 11.9. The quantitative estimate of drug-likeness (QED) is 0.636. The van der Waals surface area contributed by atoms with Gasteiger partial charge in [0, 0.05) is 11.5 Å². The molecule has 6 nitrogen and oxygen atoms in total. The lowest BCUT2D eigenvalue weighted by atomic mass is 10.3.